The molecule has 0 spiro atoms. The number of anilines is 1. The molecule has 1 unspecified atom stereocenters. The molecule has 0 amide bonds. The lowest BCUT2D eigenvalue weighted by atomic mass is 10.1. The maximum absolute atomic E-state index is 12.0. The normalized spacial score (nSPS) is 11.6. The Bertz CT molecular complexity index is 711. The van der Waals surface area contributed by atoms with Crippen LogP contribution in [0.25, 0.3) is 0 Å². The van der Waals surface area contributed by atoms with E-state index in [9.17, 15) is 19.6 Å². The van der Waals surface area contributed by atoms with Crippen molar-refractivity contribution in [1.29, 1.82) is 5.26 Å². The van der Waals surface area contributed by atoms with Gasteiger partial charge in [-0.25, -0.2) is 4.79 Å². The van der Waals surface area contributed by atoms with Gasteiger partial charge in [0.25, 0.3) is 5.56 Å². The first kappa shape index (κ1) is 17.5. The van der Waals surface area contributed by atoms with Crippen LogP contribution in [0.15, 0.2) is 9.59 Å². The van der Waals surface area contributed by atoms with Gasteiger partial charge in [0.05, 0.1) is 13.5 Å². The number of rotatable bonds is 6. The number of esters is 1. The Hall–Kier alpha value is -2.56. The number of nitrogens with one attached hydrogen (secondary N) is 1. The fourth-order valence-electron chi connectivity index (χ4n) is 2.17. The Kier molecular flexibility index (Phi) is 5.92. The van der Waals surface area contributed by atoms with Gasteiger partial charge in [0.1, 0.15) is 11.9 Å². The number of hydrogen-bond acceptors (Lipinski definition) is 6. The lowest BCUT2D eigenvalue weighted by Crippen LogP contribution is -2.41. The first-order valence-electron chi connectivity index (χ1n) is 6.90. The number of hydrogen-bond donors (Lipinski definition) is 1. The third-order valence-corrected chi connectivity index (χ3v) is 3.40. The van der Waals surface area contributed by atoms with Crippen molar-refractivity contribution < 1.29 is 9.53 Å². The molecule has 1 N–H and O–H groups in total. The van der Waals surface area contributed by atoms with E-state index in [1.807, 2.05) is 13.0 Å². The molecule has 22 heavy (non-hydrogen) atoms. The summed E-state index contributed by atoms with van der Waals surface area (Å²) in [5.41, 5.74) is -1.36. The lowest BCUT2D eigenvalue weighted by Gasteiger charge is -2.21. The van der Waals surface area contributed by atoms with E-state index in [0.29, 0.717) is 6.42 Å². The summed E-state index contributed by atoms with van der Waals surface area (Å²) in [6, 6.07) is 1.48. The van der Waals surface area contributed by atoms with Crippen molar-refractivity contribution in [2.75, 3.05) is 12.4 Å². The van der Waals surface area contributed by atoms with Gasteiger partial charge in [-0.05, 0) is 6.42 Å². The molecule has 0 bridgehead atoms. The summed E-state index contributed by atoms with van der Waals surface area (Å²) in [5.74, 6) is -0.281. The topological polar surface area (TPSA) is 106 Å². The maximum atomic E-state index is 12.0. The van der Waals surface area contributed by atoms with E-state index in [1.165, 1.54) is 25.8 Å². The van der Waals surface area contributed by atoms with Crippen LogP contribution in [0, 0.1) is 11.3 Å². The third kappa shape index (κ3) is 3.55. The Morgan fingerprint density at radius 2 is 2.00 bits per heavy atom. The van der Waals surface area contributed by atoms with E-state index in [2.05, 4.69) is 10.1 Å². The number of ether oxygens (including phenoxy) is 1. The standard InChI is InChI=1S/C14H20N4O4/c1-5-6-9(7-11(19)22-4)16-12-10(8-15)13(20)18(3)14(21)17(12)2/h9,16H,5-7H2,1-4H3. The van der Waals surface area contributed by atoms with Gasteiger partial charge in [-0.15, -0.1) is 0 Å². The largest absolute Gasteiger partial charge is 0.469 e. The molecule has 0 aliphatic rings. The fraction of sp³-hybridized carbons (Fsp3) is 0.571. The molecule has 1 atom stereocenters. The summed E-state index contributed by atoms with van der Waals surface area (Å²) in [7, 11) is 4.07. The molecule has 0 aliphatic carbocycles. The second-order valence-corrected chi connectivity index (χ2v) is 4.95. The number of nitriles is 1. The highest BCUT2D eigenvalue weighted by atomic mass is 16.5. The Labute approximate surface area is 127 Å². The van der Waals surface area contributed by atoms with E-state index in [0.717, 1.165) is 11.0 Å². The molecule has 8 heteroatoms. The van der Waals surface area contributed by atoms with Gasteiger partial charge in [-0.1, -0.05) is 13.3 Å². The van der Waals surface area contributed by atoms with Crippen LogP contribution in [-0.2, 0) is 23.6 Å². The smallest absolute Gasteiger partial charge is 0.332 e. The van der Waals surface area contributed by atoms with Crippen molar-refractivity contribution in [3.05, 3.63) is 26.4 Å². The molecule has 1 aromatic heterocycles. The zero-order chi connectivity index (χ0) is 16.9. The summed E-state index contributed by atoms with van der Waals surface area (Å²) >= 11 is 0. The van der Waals surface area contributed by atoms with E-state index in [-0.39, 0.29) is 23.8 Å². The van der Waals surface area contributed by atoms with Crippen LogP contribution in [0.5, 0.6) is 0 Å². The van der Waals surface area contributed by atoms with Crippen molar-refractivity contribution >= 4 is 11.8 Å². The molecule has 1 aromatic rings. The molecule has 8 nitrogen and oxygen atoms in total. The van der Waals surface area contributed by atoms with Gasteiger partial charge in [0, 0.05) is 20.1 Å². The number of nitrogens with zero attached hydrogens (tertiary/aromatic N) is 3. The second kappa shape index (κ2) is 7.45. The first-order valence-corrected chi connectivity index (χ1v) is 6.90. The van der Waals surface area contributed by atoms with Gasteiger partial charge >= 0.3 is 11.7 Å². The van der Waals surface area contributed by atoms with E-state index in [1.54, 1.807) is 0 Å². The first-order chi connectivity index (χ1) is 10.4. The highest BCUT2D eigenvalue weighted by molar-refractivity contribution is 5.70. The summed E-state index contributed by atoms with van der Waals surface area (Å²) in [6.07, 6.45) is 1.50. The van der Waals surface area contributed by atoms with Crippen molar-refractivity contribution in [1.82, 2.24) is 9.13 Å². The quantitative estimate of drug-likeness (QED) is 0.747. The summed E-state index contributed by atoms with van der Waals surface area (Å²) in [6.45, 7) is 1.94. The summed E-state index contributed by atoms with van der Waals surface area (Å²) < 4.78 is 6.71. The van der Waals surface area contributed by atoms with Gasteiger partial charge in [-0.2, -0.15) is 5.26 Å². The zero-order valence-corrected chi connectivity index (χ0v) is 13.2. The Morgan fingerprint density at radius 1 is 1.36 bits per heavy atom. The average molecular weight is 308 g/mol. The monoisotopic (exact) mass is 308 g/mol. The predicted octanol–water partition coefficient (Wildman–Crippen LogP) is 0.0994. The lowest BCUT2D eigenvalue weighted by molar-refractivity contribution is -0.140. The van der Waals surface area contributed by atoms with Crippen LogP contribution in [-0.4, -0.2) is 28.3 Å². The molecule has 1 rings (SSSR count). The van der Waals surface area contributed by atoms with Crippen LogP contribution in [0.4, 0.5) is 5.82 Å². The van der Waals surface area contributed by atoms with Crippen LogP contribution < -0.4 is 16.6 Å². The highest BCUT2D eigenvalue weighted by Crippen LogP contribution is 2.14. The number of aromatic nitrogens is 2. The van der Waals surface area contributed by atoms with E-state index >= 15 is 0 Å². The molecule has 0 fully saturated rings. The number of carbonyl (C=O) groups excluding carboxylic acids is 1. The van der Waals surface area contributed by atoms with Gasteiger partial charge in [0.2, 0.25) is 0 Å². The van der Waals surface area contributed by atoms with Crippen molar-refractivity contribution in [3.63, 3.8) is 0 Å². The van der Waals surface area contributed by atoms with Crippen LogP contribution in [0.1, 0.15) is 31.7 Å². The molecule has 0 saturated carbocycles. The van der Waals surface area contributed by atoms with Crippen molar-refractivity contribution in [2.45, 2.75) is 32.2 Å². The summed E-state index contributed by atoms with van der Waals surface area (Å²) in [4.78, 5) is 35.4. The molecule has 0 saturated heterocycles. The van der Waals surface area contributed by atoms with E-state index < -0.39 is 17.2 Å². The minimum absolute atomic E-state index is 0.0820. The van der Waals surface area contributed by atoms with Gasteiger partial charge in [0.15, 0.2) is 5.56 Å². The molecular weight excluding hydrogens is 288 g/mol. The van der Waals surface area contributed by atoms with Crippen LogP contribution in [0.2, 0.25) is 0 Å². The Morgan fingerprint density at radius 3 is 2.50 bits per heavy atom. The Balaban J connectivity index is 3.31. The fourth-order valence-corrected chi connectivity index (χ4v) is 2.17. The van der Waals surface area contributed by atoms with E-state index in [4.69, 9.17) is 0 Å². The second-order valence-electron chi connectivity index (χ2n) is 4.95. The van der Waals surface area contributed by atoms with Crippen LogP contribution in [0.3, 0.4) is 0 Å². The number of carbonyl (C=O) groups is 1. The minimum Gasteiger partial charge on any atom is -0.469 e. The molecule has 0 radical (unpaired) electrons. The van der Waals surface area contributed by atoms with Crippen molar-refractivity contribution in [2.24, 2.45) is 14.1 Å². The van der Waals surface area contributed by atoms with Gasteiger partial charge < -0.3 is 10.1 Å². The van der Waals surface area contributed by atoms with Gasteiger partial charge in [-0.3, -0.25) is 18.7 Å². The molecule has 0 aromatic carbocycles. The molecule has 0 aliphatic heterocycles. The zero-order valence-electron chi connectivity index (χ0n) is 13.2. The van der Waals surface area contributed by atoms with Crippen molar-refractivity contribution in [3.8, 4) is 6.07 Å². The molecular formula is C14H20N4O4. The average Bonchev–Trinajstić information content (AvgIpc) is 2.50. The number of methoxy groups -OCH3 is 1. The summed E-state index contributed by atoms with van der Waals surface area (Å²) in [5, 5.41) is 12.2. The maximum Gasteiger partial charge on any atom is 0.332 e. The van der Waals surface area contributed by atoms with Crippen LogP contribution >= 0.6 is 0 Å². The minimum atomic E-state index is -0.665. The highest BCUT2D eigenvalue weighted by Gasteiger charge is 2.20. The third-order valence-electron chi connectivity index (χ3n) is 3.40. The predicted molar refractivity (Wildman–Crippen MR) is 80.6 cm³/mol. The molecule has 120 valence electrons. The SMILES string of the molecule is CCCC(CC(=O)OC)Nc1c(C#N)c(=O)n(C)c(=O)n1C. The molecule has 1 heterocycles.